The van der Waals surface area contributed by atoms with Gasteiger partial charge in [-0.2, -0.15) is 0 Å². The maximum absolute atomic E-state index is 5.86. The zero-order valence-electron chi connectivity index (χ0n) is 8.85. The molecule has 0 saturated heterocycles. The zero-order chi connectivity index (χ0) is 10.4. The van der Waals surface area contributed by atoms with Crippen molar-refractivity contribution in [2.75, 3.05) is 6.54 Å². The smallest absolute Gasteiger partial charge is 0.0931 e. The van der Waals surface area contributed by atoms with Gasteiger partial charge in [0.05, 0.1) is 4.34 Å². The van der Waals surface area contributed by atoms with Crippen LogP contribution < -0.4 is 5.32 Å². The molecule has 0 fully saturated rings. The van der Waals surface area contributed by atoms with Crippen LogP contribution in [0.3, 0.4) is 0 Å². The summed E-state index contributed by atoms with van der Waals surface area (Å²) < 4.78 is 0.903. The van der Waals surface area contributed by atoms with Crippen molar-refractivity contribution in [2.24, 2.45) is 0 Å². The average Bonchev–Trinajstić information content (AvgIpc) is 2.52. The second-order valence-corrected chi connectivity index (χ2v) is 5.36. The van der Waals surface area contributed by atoms with Crippen LogP contribution in [0.15, 0.2) is 12.1 Å². The molecular weight excluding hydrogens is 214 g/mol. The number of hydrogen-bond donors (Lipinski definition) is 1. The highest BCUT2D eigenvalue weighted by molar-refractivity contribution is 7.16. The summed E-state index contributed by atoms with van der Waals surface area (Å²) >= 11 is 7.56. The van der Waals surface area contributed by atoms with E-state index < -0.39 is 0 Å². The van der Waals surface area contributed by atoms with E-state index in [4.69, 9.17) is 11.6 Å². The minimum atomic E-state index is 0.635. The van der Waals surface area contributed by atoms with Crippen molar-refractivity contribution >= 4 is 22.9 Å². The van der Waals surface area contributed by atoms with Crippen LogP contribution in [0, 0.1) is 0 Å². The fourth-order valence-electron chi connectivity index (χ4n) is 1.52. The second-order valence-electron chi connectivity index (χ2n) is 3.56. The van der Waals surface area contributed by atoms with Crippen molar-refractivity contribution in [1.82, 2.24) is 5.32 Å². The van der Waals surface area contributed by atoms with Gasteiger partial charge in [-0.15, -0.1) is 11.3 Å². The molecule has 1 heterocycles. The first-order valence-corrected chi connectivity index (χ1v) is 6.39. The standard InChI is InChI=1S/C11H18ClNS/c1-3-13-9(2)5-4-6-10-7-8-11(12)14-10/h7-9,13H,3-6H2,1-2H3. The Labute approximate surface area is 95.5 Å². The van der Waals surface area contributed by atoms with E-state index in [1.165, 1.54) is 17.7 Å². The maximum atomic E-state index is 5.86. The minimum Gasteiger partial charge on any atom is -0.315 e. The highest BCUT2D eigenvalue weighted by Gasteiger charge is 2.01. The third-order valence-electron chi connectivity index (χ3n) is 2.24. The Morgan fingerprint density at radius 1 is 1.50 bits per heavy atom. The molecule has 0 aliphatic rings. The Bertz CT molecular complexity index is 260. The number of aryl methyl sites for hydroxylation is 1. The molecule has 0 aromatic carbocycles. The van der Waals surface area contributed by atoms with E-state index in [1.54, 1.807) is 11.3 Å². The first-order chi connectivity index (χ1) is 6.72. The molecule has 80 valence electrons. The van der Waals surface area contributed by atoms with E-state index >= 15 is 0 Å². The molecule has 0 amide bonds. The molecule has 1 aromatic rings. The molecule has 0 radical (unpaired) electrons. The van der Waals surface area contributed by atoms with E-state index in [0.29, 0.717) is 6.04 Å². The summed E-state index contributed by atoms with van der Waals surface area (Å²) in [7, 11) is 0. The van der Waals surface area contributed by atoms with E-state index in [1.807, 2.05) is 6.07 Å². The van der Waals surface area contributed by atoms with Crippen molar-refractivity contribution in [3.63, 3.8) is 0 Å². The normalized spacial score (nSPS) is 13.1. The first kappa shape index (κ1) is 12.0. The van der Waals surface area contributed by atoms with Crippen LogP contribution in [-0.2, 0) is 6.42 Å². The molecule has 1 nitrogen and oxygen atoms in total. The molecule has 3 heteroatoms. The van der Waals surface area contributed by atoms with Gasteiger partial charge < -0.3 is 5.32 Å². The van der Waals surface area contributed by atoms with Gasteiger partial charge in [-0.1, -0.05) is 18.5 Å². The third-order valence-corrected chi connectivity index (χ3v) is 3.53. The van der Waals surface area contributed by atoms with Gasteiger partial charge in [0, 0.05) is 10.9 Å². The fourth-order valence-corrected chi connectivity index (χ4v) is 2.65. The maximum Gasteiger partial charge on any atom is 0.0931 e. The van der Waals surface area contributed by atoms with Crippen LogP contribution in [0.25, 0.3) is 0 Å². The lowest BCUT2D eigenvalue weighted by Gasteiger charge is -2.10. The summed E-state index contributed by atoms with van der Waals surface area (Å²) in [5.41, 5.74) is 0. The average molecular weight is 232 g/mol. The molecule has 0 saturated carbocycles. The number of rotatable bonds is 6. The highest BCUT2D eigenvalue weighted by atomic mass is 35.5. The van der Waals surface area contributed by atoms with Crippen LogP contribution in [0.5, 0.6) is 0 Å². The topological polar surface area (TPSA) is 12.0 Å². The van der Waals surface area contributed by atoms with Gasteiger partial charge in [0.25, 0.3) is 0 Å². The molecule has 14 heavy (non-hydrogen) atoms. The summed E-state index contributed by atoms with van der Waals surface area (Å²) in [4.78, 5) is 1.40. The summed E-state index contributed by atoms with van der Waals surface area (Å²) in [5.74, 6) is 0. The monoisotopic (exact) mass is 231 g/mol. The number of thiophene rings is 1. The Morgan fingerprint density at radius 2 is 2.29 bits per heavy atom. The number of halogens is 1. The lowest BCUT2D eigenvalue weighted by molar-refractivity contribution is 0.513. The highest BCUT2D eigenvalue weighted by Crippen LogP contribution is 2.22. The van der Waals surface area contributed by atoms with Gasteiger partial charge in [-0.3, -0.25) is 0 Å². The van der Waals surface area contributed by atoms with Gasteiger partial charge in [0.2, 0.25) is 0 Å². The van der Waals surface area contributed by atoms with E-state index in [0.717, 1.165) is 17.3 Å². The molecule has 0 spiro atoms. The summed E-state index contributed by atoms with van der Waals surface area (Å²) in [6, 6.07) is 4.75. The van der Waals surface area contributed by atoms with E-state index in [9.17, 15) is 0 Å². The molecule has 0 aliphatic heterocycles. The van der Waals surface area contributed by atoms with Crippen LogP contribution in [0.4, 0.5) is 0 Å². The molecule has 1 atom stereocenters. The SMILES string of the molecule is CCNC(C)CCCc1ccc(Cl)s1. The lowest BCUT2D eigenvalue weighted by Crippen LogP contribution is -2.25. The number of hydrogen-bond acceptors (Lipinski definition) is 2. The van der Waals surface area contributed by atoms with Crippen molar-refractivity contribution < 1.29 is 0 Å². The van der Waals surface area contributed by atoms with Gasteiger partial charge >= 0.3 is 0 Å². The van der Waals surface area contributed by atoms with Gasteiger partial charge in [0.1, 0.15) is 0 Å². The fraction of sp³-hybridized carbons (Fsp3) is 0.636. The van der Waals surface area contributed by atoms with Crippen molar-refractivity contribution in [2.45, 2.75) is 39.2 Å². The minimum absolute atomic E-state index is 0.635. The third kappa shape index (κ3) is 4.45. The zero-order valence-corrected chi connectivity index (χ0v) is 10.4. The van der Waals surface area contributed by atoms with Crippen LogP contribution >= 0.6 is 22.9 Å². The summed E-state index contributed by atoms with van der Waals surface area (Å²) in [6.45, 7) is 5.45. The second kappa shape index (κ2) is 6.44. The quantitative estimate of drug-likeness (QED) is 0.787. The van der Waals surface area contributed by atoms with Crippen molar-refractivity contribution in [1.29, 1.82) is 0 Å². The Morgan fingerprint density at radius 3 is 2.86 bits per heavy atom. The van der Waals surface area contributed by atoms with Gasteiger partial charge in [-0.05, 0) is 44.9 Å². The molecule has 1 unspecified atom stereocenters. The summed E-state index contributed by atoms with van der Waals surface area (Å²) in [6.07, 6.45) is 3.64. The molecule has 1 rings (SSSR count). The predicted octanol–water partition coefficient (Wildman–Crippen LogP) is 3.72. The van der Waals surface area contributed by atoms with Crippen molar-refractivity contribution in [3.05, 3.63) is 21.3 Å². The lowest BCUT2D eigenvalue weighted by atomic mass is 10.1. The molecule has 0 bridgehead atoms. The Kier molecular flexibility index (Phi) is 5.53. The Hall–Kier alpha value is -0.0500. The molecule has 0 aliphatic carbocycles. The predicted molar refractivity (Wildman–Crippen MR) is 65.4 cm³/mol. The van der Waals surface area contributed by atoms with Gasteiger partial charge in [-0.25, -0.2) is 0 Å². The van der Waals surface area contributed by atoms with Crippen LogP contribution in [-0.4, -0.2) is 12.6 Å². The van der Waals surface area contributed by atoms with Crippen molar-refractivity contribution in [3.8, 4) is 0 Å². The van der Waals surface area contributed by atoms with Crippen LogP contribution in [0.1, 0.15) is 31.6 Å². The molecule has 1 N–H and O–H groups in total. The summed E-state index contributed by atoms with van der Waals surface area (Å²) in [5, 5.41) is 3.41. The van der Waals surface area contributed by atoms with Gasteiger partial charge in [0.15, 0.2) is 0 Å². The van der Waals surface area contributed by atoms with Crippen LogP contribution in [0.2, 0.25) is 4.34 Å². The van der Waals surface area contributed by atoms with E-state index in [2.05, 4.69) is 25.2 Å². The molecular formula is C11H18ClNS. The van der Waals surface area contributed by atoms with E-state index in [-0.39, 0.29) is 0 Å². The largest absolute Gasteiger partial charge is 0.315 e. The number of nitrogens with one attached hydrogen (secondary N) is 1. The Balaban J connectivity index is 2.15. The molecule has 1 aromatic heterocycles. The first-order valence-electron chi connectivity index (χ1n) is 5.20.